The number of aryl methyl sites for hydroxylation is 2. The van der Waals surface area contributed by atoms with Gasteiger partial charge in [-0.2, -0.15) is 0 Å². The minimum Gasteiger partial charge on any atom is -0.343 e. The van der Waals surface area contributed by atoms with Gasteiger partial charge in [-0.1, -0.05) is 18.2 Å². The number of carbonyl (C=O) groups is 1. The van der Waals surface area contributed by atoms with Crippen LogP contribution in [0.15, 0.2) is 53.5 Å². The van der Waals surface area contributed by atoms with Gasteiger partial charge in [-0.3, -0.25) is 14.6 Å². The van der Waals surface area contributed by atoms with E-state index in [-0.39, 0.29) is 17.5 Å². The summed E-state index contributed by atoms with van der Waals surface area (Å²) in [6, 6.07) is 12.7. The highest BCUT2D eigenvalue weighted by molar-refractivity contribution is 6.06. The van der Waals surface area contributed by atoms with Crippen molar-refractivity contribution >= 4 is 16.8 Å². The van der Waals surface area contributed by atoms with Gasteiger partial charge in [0, 0.05) is 24.7 Å². The minimum atomic E-state index is -0.223. The summed E-state index contributed by atoms with van der Waals surface area (Å²) in [6.45, 7) is 2.02. The molecule has 0 bridgehead atoms. The number of nitrogens with one attached hydrogen (secondary N) is 1. The van der Waals surface area contributed by atoms with Gasteiger partial charge in [0.2, 0.25) is 0 Å². The molecule has 0 radical (unpaired) electrons. The number of pyridine rings is 2. The summed E-state index contributed by atoms with van der Waals surface area (Å²) >= 11 is 0. The highest BCUT2D eigenvalue weighted by Gasteiger charge is 2.34. The fourth-order valence-corrected chi connectivity index (χ4v) is 3.41. The SMILES string of the molecule is Cc1ccnc([C@H](NC(=O)c2cc(=O)n(C)c3ccccc23)C2CC2)c1. The molecule has 0 unspecified atom stereocenters. The van der Waals surface area contributed by atoms with E-state index in [2.05, 4.69) is 10.3 Å². The van der Waals surface area contributed by atoms with E-state index in [1.54, 1.807) is 17.8 Å². The Hall–Kier alpha value is -2.95. The molecule has 2 heterocycles. The Morgan fingerprint density at radius 2 is 2.00 bits per heavy atom. The number of para-hydroxylation sites is 1. The molecule has 5 heteroatoms. The Labute approximate surface area is 151 Å². The van der Waals surface area contributed by atoms with Gasteiger partial charge < -0.3 is 9.88 Å². The second-order valence-corrected chi connectivity index (χ2v) is 7.02. The lowest BCUT2D eigenvalue weighted by atomic mass is 10.0. The zero-order chi connectivity index (χ0) is 18.3. The molecule has 1 N–H and O–H groups in total. The fraction of sp³-hybridized carbons (Fsp3) is 0.286. The number of amides is 1. The predicted molar refractivity (Wildman–Crippen MR) is 101 cm³/mol. The molecule has 1 aliphatic carbocycles. The maximum atomic E-state index is 13.0. The number of rotatable bonds is 4. The lowest BCUT2D eigenvalue weighted by molar-refractivity contribution is 0.0932. The van der Waals surface area contributed by atoms with Crippen molar-refractivity contribution in [1.29, 1.82) is 0 Å². The van der Waals surface area contributed by atoms with Crippen molar-refractivity contribution < 1.29 is 4.79 Å². The smallest absolute Gasteiger partial charge is 0.252 e. The van der Waals surface area contributed by atoms with Gasteiger partial charge in [0.05, 0.1) is 22.8 Å². The summed E-state index contributed by atoms with van der Waals surface area (Å²) in [5.74, 6) is 0.185. The van der Waals surface area contributed by atoms with Gasteiger partial charge in [0.25, 0.3) is 11.5 Å². The summed E-state index contributed by atoms with van der Waals surface area (Å²) in [5, 5.41) is 3.90. The third-order valence-corrected chi connectivity index (χ3v) is 5.03. The van der Waals surface area contributed by atoms with Crippen LogP contribution in [0.1, 0.15) is 40.5 Å². The van der Waals surface area contributed by atoms with Crippen molar-refractivity contribution in [2.45, 2.75) is 25.8 Å². The highest BCUT2D eigenvalue weighted by atomic mass is 16.2. The zero-order valence-electron chi connectivity index (χ0n) is 14.9. The Balaban J connectivity index is 1.73. The monoisotopic (exact) mass is 347 g/mol. The van der Waals surface area contributed by atoms with E-state index < -0.39 is 0 Å². The number of hydrogen-bond acceptors (Lipinski definition) is 3. The number of fused-ring (bicyclic) bond motifs is 1. The second-order valence-electron chi connectivity index (χ2n) is 7.02. The van der Waals surface area contributed by atoms with Crippen LogP contribution in [-0.2, 0) is 7.05 Å². The van der Waals surface area contributed by atoms with E-state index in [0.717, 1.165) is 35.0 Å². The van der Waals surface area contributed by atoms with Crippen LogP contribution in [0.4, 0.5) is 0 Å². The highest BCUT2D eigenvalue weighted by Crippen LogP contribution is 2.40. The molecule has 0 aliphatic heterocycles. The van der Waals surface area contributed by atoms with E-state index in [0.29, 0.717) is 11.5 Å². The predicted octanol–water partition coefficient (Wildman–Crippen LogP) is 3.12. The van der Waals surface area contributed by atoms with E-state index in [4.69, 9.17) is 0 Å². The molecule has 2 aromatic heterocycles. The topological polar surface area (TPSA) is 64.0 Å². The summed E-state index contributed by atoms with van der Waals surface area (Å²) in [7, 11) is 1.72. The second kappa shape index (κ2) is 6.41. The van der Waals surface area contributed by atoms with Crippen molar-refractivity contribution in [1.82, 2.24) is 14.9 Å². The van der Waals surface area contributed by atoms with Crippen LogP contribution >= 0.6 is 0 Å². The molecule has 0 saturated heterocycles. The largest absolute Gasteiger partial charge is 0.343 e. The van der Waals surface area contributed by atoms with Crippen LogP contribution in [-0.4, -0.2) is 15.5 Å². The maximum Gasteiger partial charge on any atom is 0.252 e. The molecule has 5 nitrogen and oxygen atoms in total. The fourth-order valence-electron chi connectivity index (χ4n) is 3.41. The Morgan fingerprint density at radius 1 is 1.23 bits per heavy atom. The summed E-state index contributed by atoms with van der Waals surface area (Å²) < 4.78 is 1.56. The van der Waals surface area contributed by atoms with Crippen molar-refractivity contribution in [3.8, 4) is 0 Å². The molecular weight excluding hydrogens is 326 g/mol. The van der Waals surface area contributed by atoms with Crippen LogP contribution in [0.25, 0.3) is 10.9 Å². The van der Waals surface area contributed by atoms with Gasteiger partial charge in [-0.05, 0) is 49.4 Å². The number of hydrogen-bond donors (Lipinski definition) is 1. The number of carbonyl (C=O) groups excluding carboxylic acids is 1. The summed E-state index contributed by atoms with van der Waals surface area (Å²) in [4.78, 5) is 29.8. The standard InChI is InChI=1S/C21H21N3O2/c1-13-9-10-22-17(11-13)20(14-7-8-14)23-21(26)16-12-19(25)24(2)18-6-4-3-5-15(16)18/h3-6,9-12,14,20H,7-8H2,1-2H3,(H,23,26)/t20-/m1/s1. The molecule has 1 aromatic carbocycles. The van der Waals surface area contributed by atoms with Crippen molar-refractivity contribution in [3.63, 3.8) is 0 Å². The Morgan fingerprint density at radius 3 is 2.73 bits per heavy atom. The molecule has 1 aliphatic rings. The molecule has 1 amide bonds. The minimum absolute atomic E-state index is 0.120. The quantitative estimate of drug-likeness (QED) is 0.789. The third-order valence-electron chi connectivity index (χ3n) is 5.03. The van der Waals surface area contributed by atoms with Gasteiger partial charge in [-0.15, -0.1) is 0 Å². The number of aromatic nitrogens is 2. The first-order valence-corrected chi connectivity index (χ1v) is 8.87. The van der Waals surface area contributed by atoms with Crippen LogP contribution in [0.5, 0.6) is 0 Å². The Bertz CT molecular complexity index is 1050. The van der Waals surface area contributed by atoms with E-state index in [1.807, 2.05) is 43.3 Å². The van der Waals surface area contributed by atoms with Crippen molar-refractivity contribution in [2.75, 3.05) is 0 Å². The van der Waals surface area contributed by atoms with Crippen LogP contribution < -0.4 is 10.9 Å². The van der Waals surface area contributed by atoms with Crippen LogP contribution in [0.2, 0.25) is 0 Å². The van der Waals surface area contributed by atoms with Gasteiger partial charge in [0.1, 0.15) is 0 Å². The first kappa shape index (κ1) is 16.5. The summed E-state index contributed by atoms with van der Waals surface area (Å²) in [6.07, 6.45) is 3.94. The lowest BCUT2D eigenvalue weighted by Crippen LogP contribution is -2.32. The Kier molecular flexibility index (Phi) is 4.07. The molecule has 1 saturated carbocycles. The van der Waals surface area contributed by atoms with E-state index in [1.165, 1.54) is 6.07 Å². The number of benzene rings is 1. The van der Waals surface area contributed by atoms with Crippen molar-refractivity contribution in [3.05, 3.63) is 75.8 Å². The molecular formula is C21H21N3O2. The molecule has 132 valence electrons. The van der Waals surface area contributed by atoms with Crippen molar-refractivity contribution in [2.24, 2.45) is 13.0 Å². The average Bonchev–Trinajstić information content (AvgIpc) is 3.47. The third kappa shape index (κ3) is 3.01. The summed E-state index contributed by atoms with van der Waals surface area (Å²) in [5.41, 5.74) is 2.98. The van der Waals surface area contributed by atoms with E-state index in [9.17, 15) is 9.59 Å². The maximum absolute atomic E-state index is 13.0. The van der Waals surface area contributed by atoms with E-state index >= 15 is 0 Å². The molecule has 0 spiro atoms. The first-order valence-electron chi connectivity index (χ1n) is 8.87. The van der Waals surface area contributed by atoms with Gasteiger partial charge >= 0.3 is 0 Å². The first-order chi connectivity index (χ1) is 12.5. The molecule has 1 fully saturated rings. The van der Waals surface area contributed by atoms with Gasteiger partial charge in [0.15, 0.2) is 0 Å². The molecule has 3 aromatic rings. The number of nitrogens with zero attached hydrogens (tertiary/aromatic N) is 2. The van der Waals surface area contributed by atoms with Crippen LogP contribution in [0.3, 0.4) is 0 Å². The molecule has 26 heavy (non-hydrogen) atoms. The lowest BCUT2D eigenvalue weighted by Gasteiger charge is -2.19. The zero-order valence-corrected chi connectivity index (χ0v) is 14.9. The molecule has 4 rings (SSSR count). The molecule has 1 atom stereocenters. The van der Waals surface area contributed by atoms with Crippen LogP contribution in [0, 0.1) is 12.8 Å². The van der Waals surface area contributed by atoms with Gasteiger partial charge in [-0.25, -0.2) is 0 Å². The average molecular weight is 347 g/mol. The normalized spacial score (nSPS) is 15.0.